The third kappa shape index (κ3) is 4.72. The SMILES string of the molecule is CSc1ncccc1C(=O)OC(C)C(=O)Nc1nc(-c2ccccc2)cs1. The molecule has 0 radical (unpaired) electrons. The Kier molecular flexibility index (Phi) is 6.20. The summed E-state index contributed by atoms with van der Waals surface area (Å²) in [5, 5.41) is 5.56. The molecule has 1 atom stereocenters. The molecule has 0 aliphatic carbocycles. The maximum absolute atomic E-state index is 12.3. The van der Waals surface area contributed by atoms with E-state index in [1.807, 2.05) is 42.0 Å². The molecule has 1 N–H and O–H groups in total. The minimum Gasteiger partial charge on any atom is -0.449 e. The number of amides is 1. The van der Waals surface area contributed by atoms with Crippen molar-refractivity contribution in [3.63, 3.8) is 0 Å². The van der Waals surface area contributed by atoms with Gasteiger partial charge in [-0.2, -0.15) is 0 Å². The Balaban J connectivity index is 1.63. The maximum atomic E-state index is 12.3. The van der Waals surface area contributed by atoms with Crippen LogP contribution in [0.2, 0.25) is 0 Å². The summed E-state index contributed by atoms with van der Waals surface area (Å²) in [5.41, 5.74) is 2.08. The van der Waals surface area contributed by atoms with Crippen LogP contribution in [0.15, 0.2) is 59.1 Å². The van der Waals surface area contributed by atoms with Crippen LogP contribution in [0, 0.1) is 0 Å². The van der Waals surface area contributed by atoms with Gasteiger partial charge >= 0.3 is 5.97 Å². The fourth-order valence-electron chi connectivity index (χ4n) is 2.27. The summed E-state index contributed by atoms with van der Waals surface area (Å²) in [4.78, 5) is 33.2. The van der Waals surface area contributed by atoms with Gasteiger partial charge in [0.15, 0.2) is 11.2 Å². The van der Waals surface area contributed by atoms with E-state index in [4.69, 9.17) is 4.74 Å². The fourth-order valence-corrected chi connectivity index (χ4v) is 3.53. The van der Waals surface area contributed by atoms with Crippen LogP contribution in [0.3, 0.4) is 0 Å². The second-order valence-corrected chi connectivity index (χ2v) is 7.15. The molecule has 0 saturated heterocycles. The number of carbonyl (C=O) groups excluding carboxylic acids is 2. The maximum Gasteiger partial charge on any atom is 0.341 e. The average Bonchev–Trinajstić information content (AvgIpc) is 3.17. The summed E-state index contributed by atoms with van der Waals surface area (Å²) in [5.74, 6) is -1.02. The van der Waals surface area contributed by atoms with Crippen LogP contribution in [-0.2, 0) is 9.53 Å². The molecule has 0 aliphatic heterocycles. The Morgan fingerprint density at radius 1 is 1.19 bits per heavy atom. The van der Waals surface area contributed by atoms with Crippen molar-refractivity contribution in [2.75, 3.05) is 11.6 Å². The monoisotopic (exact) mass is 399 g/mol. The van der Waals surface area contributed by atoms with Crippen molar-refractivity contribution < 1.29 is 14.3 Å². The molecule has 0 fully saturated rings. The third-order valence-corrected chi connectivity index (χ3v) is 5.11. The molecule has 1 unspecified atom stereocenters. The summed E-state index contributed by atoms with van der Waals surface area (Å²) in [7, 11) is 0. The first-order chi connectivity index (χ1) is 13.1. The first kappa shape index (κ1) is 19.1. The predicted molar refractivity (Wildman–Crippen MR) is 107 cm³/mol. The lowest BCUT2D eigenvalue weighted by Gasteiger charge is -2.13. The van der Waals surface area contributed by atoms with Gasteiger partial charge in [-0.15, -0.1) is 23.1 Å². The number of pyridine rings is 1. The second kappa shape index (κ2) is 8.79. The van der Waals surface area contributed by atoms with Crippen molar-refractivity contribution in [1.29, 1.82) is 0 Å². The zero-order valence-electron chi connectivity index (χ0n) is 14.7. The standard InChI is InChI=1S/C19H17N3O3S2/c1-12(25-18(24)14-9-6-10-20-17(14)26-2)16(23)22-19-21-15(11-27-19)13-7-4-3-5-8-13/h3-12H,1-2H3,(H,21,22,23). The van der Waals surface area contributed by atoms with Crippen molar-refractivity contribution in [1.82, 2.24) is 9.97 Å². The smallest absolute Gasteiger partial charge is 0.341 e. The number of anilines is 1. The van der Waals surface area contributed by atoms with Crippen molar-refractivity contribution in [3.05, 3.63) is 59.6 Å². The molecule has 138 valence electrons. The van der Waals surface area contributed by atoms with Crippen LogP contribution in [0.25, 0.3) is 11.3 Å². The van der Waals surface area contributed by atoms with E-state index in [9.17, 15) is 9.59 Å². The van der Waals surface area contributed by atoms with Crippen LogP contribution < -0.4 is 5.32 Å². The topological polar surface area (TPSA) is 81.2 Å². The fraction of sp³-hybridized carbons (Fsp3) is 0.158. The molecule has 1 amide bonds. The molecule has 1 aromatic carbocycles. The molecule has 27 heavy (non-hydrogen) atoms. The van der Waals surface area contributed by atoms with Crippen LogP contribution in [0.5, 0.6) is 0 Å². The van der Waals surface area contributed by atoms with E-state index in [1.54, 1.807) is 18.3 Å². The highest BCUT2D eigenvalue weighted by Gasteiger charge is 2.22. The lowest BCUT2D eigenvalue weighted by Crippen LogP contribution is -2.30. The number of esters is 1. The number of thiazole rings is 1. The summed E-state index contributed by atoms with van der Waals surface area (Å²) >= 11 is 2.66. The van der Waals surface area contributed by atoms with Crippen LogP contribution >= 0.6 is 23.1 Å². The number of nitrogens with zero attached hydrogens (tertiary/aromatic N) is 2. The minimum atomic E-state index is -0.962. The summed E-state index contributed by atoms with van der Waals surface area (Å²) in [6.45, 7) is 1.52. The number of carbonyl (C=O) groups is 2. The molecule has 0 saturated carbocycles. The van der Waals surface area contributed by atoms with Gasteiger partial charge in [0.2, 0.25) is 0 Å². The molecular formula is C19H17N3O3S2. The Hall–Kier alpha value is -2.71. The summed E-state index contributed by atoms with van der Waals surface area (Å²) < 4.78 is 5.28. The van der Waals surface area contributed by atoms with Gasteiger partial charge < -0.3 is 4.74 Å². The molecule has 6 nitrogen and oxygen atoms in total. The molecular weight excluding hydrogens is 382 g/mol. The number of ether oxygens (including phenoxy) is 1. The van der Waals surface area contributed by atoms with Gasteiger partial charge in [0.05, 0.1) is 11.3 Å². The van der Waals surface area contributed by atoms with E-state index in [0.717, 1.165) is 11.3 Å². The third-order valence-electron chi connectivity index (χ3n) is 3.64. The molecule has 3 aromatic rings. The summed E-state index contributed by atoms with van der Waals surface area (Å²) in [6.07, 6.45) is 2.46. The van der Waals surface area contributed by atoms with Crippen LogP contribution in [0.1, 0.15) is 17.3 Å². The minimum absolute atomic E-state index is 0.338. The molecule has 8 heteroatoms. The second-order valence-electron chi connectivity index (χ2n) is 5.50. The highest BCUT2D eigenvalue weighted by molar-refractivity contribution is 7.98. The zero-order chi connectivity index (χ0) is 19.2. The van der Waals surface area contributed by atoms with Crippen molar-refractivity contribution in [2.45, 2.75) is 18.1 Å². The quantitative estimate of drug-likeness (QED) is 0.496. The largest absolute Gasteiger partial charge is 0.449 e. The van der Waals surface area contributed by atoms with E-state index in [-0.39, 0.29) is 0 Å². The molecule has 0 aliphatic rings. The number of hydrogen-bond acceptors (Lipinski definition) is 7. The first-order valence-corrected chi connectivity index (χ1v) is 10.2. The lowest BCUT2D eigenvalue weighted by molar-refractivity contribution is -0.123. The average molecular weight is 399 g/mol. The van der Waals surface area contributed by atoms with Crippen molar-refractivity contribution in [2.24, 2.45) is 0 Å². The molecule has 2 aromatic heterocycles. The zero-order valence-corrected chi connectivity index (χ0v) is 16.3. The van der Waals surface area contributed by atoms with E-state index in [1.165, 1.54) is 30.0 Å². The van der Waals surface area contributed by atoms with Gasteiger partial charge in [0, 0.05) is 17.1 Å². The number of thioether (sulfide) groups is 1. The number of aromatic nitrogens is 2. The Morgan fingerprint density at radius 3 is 2.70 bits per heavy atom. The number of hydrogen-bond donors (Lipinski definition) is 1. The van der Waals surface area contributed by atoms with Gasteiger partial charge in [0.25, 0.3) is 5.91 Å². The summed E-state index contributed by atoms with van der Waals surface area (Å²) in [6, 6.07) is 13.0. The first-order valence-electron chi connectivity index (χ1n) is 8.10. The van der Waals surface area contributed by atoms with E-state index >= 15 is 0 Å². The molecule has 3 rings (SSSR count). The van der Waals surface area contributed by atoms with Crippen molar-refractivity contribution >= 4 is 40.1 Å². The lowest BCUT2D eigenvalue weighted by atomic mass is 10.2. The van der Waals surface area contributed by atoms with Crippen LogP contribution in [-0.4, -0.2) is 34.2 Å². The van der Waals surface area contributed by atoms with Gasteiger partial charge in [-0.05, 0) is 25.3 Å². The van der Waals surface area contributed by atoms with Gasteiger partial charge in [-0.3, -0.25) is 10.1 Å². The number of nitrogens with one attached hydrogen (secondary N) is 1. The van der Waals surface area contributed by atoms with Crippen molar-refractivity contribution in [3.8, 4) is 11.3 Å². The van der Waals surface area contributed by atoms with E-state index in [2.05, 4.69) is 15.3 Å². The molecule has 2 heterocycles. The van der Waals surface area contributed by atoms with Crippen LogP contribution in [0.4, 0.5) is 5.13 Å². The van der Waals surface area contributed by atoms with E-state index < -0.39 is 18.0 Å². The predicted octanol–water partition coefficient (Wildman–Crippen LogP) is 4.11. The highest BCUT2D eigenvalue weighted by Crippen LogP contribution is 2.25. The molecule has 0 bridgehead atoms. The van der Waals surface area contributed by atoms with Gasteiger partial charge in [-0.1, -0.05) is 30.3 Å². The molecule has 0 spiro atoms. The Morgan fingerprint density at radius 2 is 1.96 bits per heavy atom. The van der Waals surface area contributed by atoms with Gasteiger partial charge in [0.1, 0.15) is 5.03 Å². The Labute approximate surface area is 165 Å². The highest BCUT2D eigenvalue weighted by atomic mass is 32.2. The Bertz CT molecular complexity index is 944. The normalized spacial score (nSPS) is 11.6. The van der Waals surface area contributed by atoms with E-state index in [0.29, 0.717) is 15.7 Å². The number of benzene rings is 1. The van der Waals surface area contributed by atoms with Gasteiger partial charge in [-0.25, -0.2) is 14.8 Å². The number of rotatable bonds is 6.